The molecule has 2 aromatic carbocycles. The monoisotopic (exact) mass is 492 g/mol. The van der Waals surface area contributed by atoms with Gasteiger partial charge in [-0.05, 0) is 54.7 Å². The topological polar surface area (TPSA) is 76.6 Å². The third-order valence-corrected chi connectivity index (χ3v) is 7.54. The van der Waals surface area contributed by atoms with E-state index >= 15 is 0 Å². The molecule has 3 aliphatic heterocycles. The number of aliphatic hydroxyl groups is 1. The zero-order valence-electron chi connectivity index (χ0n) is 21.1. The molecular formula is C28H36N4O4. The Morgan fingerprint density at radius 1 is 0.944 bits per heavy atom. The van der Waals surface area contributed by atoms with Crippen molar-refractivity contribution in [3.8, 4) is 0 Å². The van der Waals surface area contributed by atoms with Gasteiger partial charge in [0.15, 0.2) is 0 Å². The lowest BCUT2D eigenvalue weighted by molar-refractivity contribution is 0.0493. The van der Waals surface area contributed by atoms with Gasteiger partial charge in [0.25, 0.3) is 5.91 Å². The van der Waals surface area contributed by atoms with E-state index in [-0.39, 0.29) is 12.0 Å². The van der Waals surface area contributed by atoms with Gasteiger partial charge in [0.1, 0.15) is 0 Å². The number of amides is 2. The number of rotatable bonds is 6. The van der Waals surface area contributed by atoms with Crippen LogP contribution in [0, 0.1) is 0 Å². The Morgan fingerprint density at radius 3 is 2.47 bits per heavy atom. The summed E-state index contributed by atoms with van der Waals surface area (Å²) in [6.07, 6.45) is 0.956. The van der Waals surface area contributed by atoms with Gasteiger partial charge >= 0.3 is 6.09 Å². The molecule has 3 aliphatic rings. The number of fused-ring (bicyclic) bond motifs is 2. The van der Waals surface area contributed by atoms with Crippen molar-refractivity contribution in [3.05, 3.63) is 64.7 Å². The lowest BCUT2D eigenvalue weighted by Crippen LogP contribution is -2.49. The lowest BCUT2D eigenvalue weighted by atomic mass is 9.97. The van der Waals surface area contributed by atoms with E-state index in [2.05, 4.69) is 40.1 Å². The summed E-state index contributed by atoms with van der Waals surface area (Å²) in [5.41, 5.74) is 5.60. The molecule has 0 bridgehead atoms. The van der Waals surface area contributed by atoms with Crippen LogP contribution in [0.25, 0.3) is 0 Å². The van der Waals surface area contributed by atoms with Crippen molar-refractivity contribution in [2.45, 2.75) is 32.4 Å². The molecule has 8 heteroatoms. The molecule has 0 aliphatic carbocycles. The van der Waals surface area contributed by atoms with Crippen molar-refractivity contribution in [2.75, 3.05) is 63.9 Å². The first-order valence-corrected chi connectivity index (χ1v) is 13.1. The molecule has 0 saturated carbocycles. The summed E-state index contributed by atoms with van der Waals surface area (Å²) in [5.74, 6) is -0.00188. The maximum atomic E-state index is 13.2. The maximum absolute atomic E-state index is 13.2. The number of carbonyl (C=O) groups is 2. The molecule has 1 N–H and O–H groups in total. The van der Waals surface area contributed by atoms with Gasteiger partial charge in [-0.15, -0.1) is 0 Å². The van der Waals surface area contributed by atoms with Crippen LogP contribution in [0.1, 0.15) is 34.0 Å². The van der Waals surface area contributed by atoms with E-state index in [1.807, 2.05) is 19.1 Å². The summed E-state index contributed by atoms with van der Waals surface area (Å²) < 4.78 is 5.11. The molecule has 0 unspecified atom stereocenters. The average Bonchev–Trinajstić information content (AvgIpc) is 2.90. The third-order valence-electron chi connectivity index (χ3n) is 7.54. The number of anilines is 1. The van der Waals surface area contributed by atoms with Gasteiger partial charge in [-0.25, -0.2) is 4.79 Å². The van der Waals surface area contributed by atoms with Gasteiger partial charge in [0, 0.05) is 70.2 Å². The first kappa shape index (κ1) is 24.6. The molecule has 2 aromatic rings. The molecule has 3 heterocycles. The highest BCUT2D eigenvalue weighted by atomic mass is 16.6. The summed E-state index contributed by atoms with van der Waals surface area (Å²) in [6.45, 7) is 8.27. The first-order valence-electron chi connectivity index (χ1n) is 13.1. The Balaban J connectivity index is 1.15. The molecule has 36 heavy (non-hydrogen) atoms. The van der Waals surface area contributed by atoms with Crippen LogP contribution in [0.15, 0.2) is 42.5 Å². The van der Waals surface area contributed by atoms with E-state index in [0.29, 0.717) is 39.3 Å². The first-order chi connectivity index (χ1) is 17.5. The van der Waals surface area contributed by atoms with Crippen LogP contribution in [0.3, 0.4) is 0 Å². The average molecular weight is 493 g/mol. The fourth-order valence-electron chi connectivity index (χ4n) is 5.58. The second kappa shape index (κ2) is 10.9. The van der Waals surface area contributed by atoms with Crippen LogP contribution >= 0.6 is 0 Å². The summed E-state index contributed by atoms with van der Waals surface area (Å²) >= 11 is 0. The zero-order valence-corrected chi connectivity index (χ0v) is 21.1. The van der Waals surface area contributed by atoms with Crippen LogP contribution in [0.2, 0.25) is 0 Å². The number of benzene rings is 2. The predicted molar refractivity (Wildman–Crippen MR) is 138 cm³/mol. The molecule has 5 rings (SSSR count). The lowest BCUT2D eigenvalue weighted by Gasteiger charge is -2.36. The number of aliphatic hydroxyl groups excluding tert-OH is 1. The molecule has 8 nitrogen and oxygen atoms in total. The SMILES string of the molecule is CCOC(=O)N1CCN(c2ccc3c(c2)CCN(C[C@H](O)CN2CCc4ccccc4C2)C3=O)CC1. The molecule has 1 fully saturated rings. The van der Waals surface area contributed by atoms with Crippen molar-refractivity contribution < 1.29 is 19.4 Å². The van der Waals surface area contributed by atoms with Crippen molar-refractivity contribution >= 4 is 17.7 Å². The molecule has 1 atom stereocenters. The number of β-amino-alcohol motifs (C(OH)–C–C–N with tert-alkyl or cyclic N) is 1. The summed E-state index contributed by atoms with van der Waals surface area (Å²) in [4.78, 5) is 33.2. The molecule has 0 aromatic heterocycles. The molecule has 0 radical (unpaired) electrons. The van der Waals surface area contributed by atoms with Crippen molar-refractivity contribution in [1.29, 1.82) is 0 Å². The van der Waals surface area contributed by atoms with Gasteiger partial charge in [-0.1, -0.05) is 24.3 Å². The van der Waals surface area contributed by atoms with E-state index in [4.69, 9.17) is 4.74 Å². The Labute approximate surface area is 213 Å². The van der Waals surface area contributed by atoms with Crippen molar-refractivity contribution in [3.63, 3.8) is 0 Å². The van der Waals surface area contributed by atoms with Crippen LogP contribution < -0.4 is 4.90 Å². The number of piperazine rings is 1. The van der Waals surface area contributed by atoms with Crippen LogP contribution in [-0.2, 0) is 24.1 Å². The Morgan fingerprint density at radius 2 is 1.69 bits per heavy atom. The minimum atomic E-state index is -0.573. The molecular weight excluding hydrogens is 456 g/mol. The fraction of sp³-hybridized carbons (Fsp3) is 0.500. The van der Waals surface area contributed by atoms with E-state index in [1.54, 1.807) is 9.80 Å². The largest absolute Gasteiger partial charge is 0.450 e. The van der Waals surface area contributed by atoms with Gasteiger partial charge in [-0.3, -0.25) is 9.69 Å². The minimum absolute atomic E-state index is 0.00188. The number of ether oxygens (including phenoxy) is 1. The third kappa shape index (κ3) is 5.34. The molecule has 192 valence electrons. The summed E-state index contributed by atoms with van der Waals surface area (Å²) in [6, 6.07) is 14.5. The van der Waals surface area contributed by atoms with E-state index in [0.717, 1.165) is 55.8 Å². The summed E-state index contributed by atoms with van der Waals surface area (Å²) in [7, 11) is 0. The second-order valence-corrected chi connectivity index (χ2v) is 9.92. The van der Waals surface area contributed by atoms with Crippen molar-refractivity contribution in [2.24, 2.45) is 0 Å². The quantitative estimate of drug-likeness (QED) is 0.668. The molecule has 1 saturated heterocycles. The van der Waals surface area contributed by atoms with Gasteiger partial charge < -0.3 is 24.5 Å². The Hall–Kier alpha value is -3.10. The highest BCUT2D eigenvalue weighted by Gasteiger charge is 2.29. The van der Waals surface area contributed by atoms with Gasteiger partial charge in [0.05, 0.1) is 12.7 Å². The normalized spacial score (nSPS) is 19.1. The highest BCUT2D eigenvalue weighted by Crippen LogP contribution is 2.26. The fourth-order valence-corrected chi connectivity index (χ4v) is 5.58. The number of hydrogen-bond donors (Lipinski definition) is 1. The van der Waals surface area contributed by atoms with Gasteiger partial charge in [0.2, 0.25) is 0 Å². The zero-order chi connectivity index (χ0) is 25.1. The van der Waals surface area contributed by atoms with E-state index < -0.39 is 6.10 Å². The second-order valence-electron chi connectivity index (χ2n) is 9.92. The Bertz CT molecular complexity index is 1100. The van der Waals surface area contributed by atoms with Gasteiger partial charge in [-0.2, -0.15) is 0 Å². The highest BCUT2D eigenvalue weighted by molar-refractivity contribution is 5.97. The standard InChI is InChI=1S/C28H36N4O4/c1-2-36-28(35)31-15-13-30(14-16-31)24-7-8-26-22(17-24)10-12-32(27(26)34)20-25(33)19-29-11-9-21-5-3-4-6-23(21)18-29/h3-8,17,25,33H,2,9-16,18-20H2,1H3/t25-/m1/s1. The van der Waals surface area contributed by atoms with E-state index in [1.165, 1.54) is 11.1 Å². The van der Waals surface area contributed by atoms with Crippen LogP contribution in [0.4, 0.5) is 10.5 Å². The number of carbonyl (C=O) groups excluding carboxylic acids is 2. The number of nitrogens with zero attached hydrogens (tertiary/aromatic N) is 4. The van der Waals surface area contributed by atoms with Crippen molar-refractivity contribution in [1.82, 2.24) is 14.7 Å². The molecule has 0 spiro atoms. The van der Waals surface area contributed by atoms with Crippen LogP contribution in [-0.4, -0.2) is 96.9 Å². The predicted octanol–water partition coefficient (Wildman–Crippen LogP) is 2.38. The Kier molecular flexibility index (Phi) is 7.43. The smallest absolute Gasteiger partial charge is 0.409 e. The van der Waals surface area contributed by atoms with Crippen LogP contribution in [0.5, 0.6) is 0 Å². The minimum Gasteiger partial charge on any atom is -0.450 e. The number of hydrogen-bond acceptors (Lipinski definition) is 6. The summed E-state index contributed by atoms with van der Waals surface area (Å²) in [5, 5.41) is 10.8. The van der Waals surface area contributed by atoms with E-state index in [9.17, 15) is 14.7 Å². The maximum Gasteiger partial charge on any atom is 0.409 e. The molecule has 2 amide bonds.